The van der Waals surface area contributed by atoms with Gasteiger partial charge in [0.1, 0.15) is 23.3 Å². The summed E-state index contributed by atoms with van der Waals surface area (Å²) < 4.78 is 37.1. The van der Waals surface area contributed by atoms with Gasteiger partial charge >= 0.3 is 0 Å². The average Bonchev–Trinajstić information content (AvgIpc) is 2.37. The minimum atomic E-state index is -3.55. The molecule has 0 amide bonds. The number of nitrogens with zero attached hydrogens (tertiary/aromatic N) is 3. The van der Waals surface area contributed by atoms with Gasteiger partial charge in [0.15, 0.2) is 9.84 Å². The Kier molecular flexibility index (Phi) is 3.49. The summed E-state index contributed by atoms with van der Waals surface area (Å²) in [5, 5.41) is 9.08. The molecular formula is C12H10FN5O2S. The smallest absolute Gasteiger partial charge is 0.222 e. The fraction of sp³-hybridized carbons (Fsp3) is 0.0833. The third-order valence-corrected chi connectivity index (χ3v) is 3.80. The molecule has 4 N–H and O–H groups in total. The SMILES string of the molecule is CS(=O)(=O)c1ccc(F)c(-c2nc(N)nc(N)c2C#N)c1. The van der Waals surface area contributed by atoms with Gasteiger partial charge in [0.25, 0.3) is 0 Å². The Morgan fingerprint density at radius 2 is 1.95 bits per heavy atom. The molecule has 0 aliphatic carbocycles. The summed E-state index contributed by atoms with van der Waals surface area (Å²) in [5.74, 6) is -1.20. The molecule has 21 heavy (non-hydrogen) atoms. The lowest BCUT2D eigenvalue weighted by Crippen LogP contribution is -2.06. The number of rotatable bonds is 2. The minimum absolute atomic E-state index is 0.112. The number of nitriles is 1. The van der Waals surface area contributed by atoms with Gasteiger partial charge in [0, 0.05) is 11.8 Å². The summed E-state index contributed by atoms with van der Waals surface area (Å²) in [6, 6.07) is 4.92. The second kappa shape index (κ2) is 4.99. The van der Waals surface area contributed by atoms with Crippen LogP contribution >= 0.6 is 0 Å². The van der Waals surface area contributed by atoms with E-state index >= 15 is 0 Å². The molecule has 0 saturated carbocycles. The molecule has 0 aliphatic rings. The minimum Gasteiger partial charge on any atom is -0.382 e. The van der Waals surface area contributed by atoms with Gasteiger partial charge in [0.05, 0.1) is 10.6 Å². The Hall–Kier alpha value is -2.73. The number of benzene rings is 1. The summed E-state index contributed by atoms with van der Waals surface area (Å²) in [6.07, 6.45) is 0.984. The number of hydrogen-bond donors (Lipinski definition) is 2. The summed E-state index contributed by atoms with van der Waals surface area (Å²) in [6.45, 7) is 0. The topological polar surface area (TPSA) is 136 Å². The standard InChI is InChI=1S/C12H10FN5O2S/c1-21(19,20)6-2-3-9(13)7(4-6)10-8(5-14)11(15)18-12(16)17-10/h2-4H,1H3,(H4,15,16,17,18). The Morgan fingerprint density at radius 3 is 2.52 bits per heavy atom. The Balaban J connectivity index is 2.82. The first kappa shape index (κ1) is 14.7. The van der Waals surface area contributed by atoms with E-state index in [1.54, 1.807) is 6.07 Å². The van der Waals surface area contributed by atoms with Crippen molar-refractivity contribution in [3.8, 4) is 17.3 Å². The predicted octanol–water partition coefficient (Wildman–Crippen LogP) is 0.722. The van der Waals surface area contributed by atoms with Crippen molar-refractivity contribution >= 4 is 21.6 Å². The van der Waals surface area contributed by atoms with Crippen LogP contribution in [0.2, 0.25) is 0 Å². The first-order valence-corrected chi connectivity index (χ1v) is 7.46. The maximum absolute atomic E-state index is 14.0. The van der Waals surface area contributed by atoms with Crippen molar-refractivity contribution in [3.05, 3.63) is 29.6 Å². The van der Waals surface area contributed by atoms with Crippen molar-refractivity contribution in [1.82, 2.24) is 9.97 Å². The van der Waals surface area contributed by atoms with Gasteiger partial charge in [-0.05, 0) is 18.2 Å². The first-order chi connectivity index (χ1) is 9.74. The van der Waals surface area contributed by atoms with E-state index in [0.717, 1.165) is 24.5 Å². The number of halogens is 1. The van der Waals surface area contributed by atoms with Gasteiger partial charge in [-0.15, -0.1) is 0 Å². The zero-order valence-corrected chi connectivity index (χ0v) is 11.6. The quantitative estimate of drug-likeness (QED) is 0.780. The lowest BCUT2D eigenvalue weighted by atomic mass is 10.1. The summed E-state index contributed by atoms with van der Waals surface area (Å²) in [4.78, 5) is 7.29. The van der Waals surface area contributed by atoms with Crippen molar-refractivity contribution in [3.63, 3.8) is 0 Å². The molecule has 108 valence electrons. The fourth-order valence-corrected chi connectivity index (χ4v) is 2.36. The lowest BCUT2D eigenvalue weighted by Gasteiger charge is -2.09. The molecule has 0 fully saturated rings. The van der Waals surface area contributed by atoms with Crippen LogP contribution < -0.4 is 11.5 Å². The molecule has 0 aliphatic heterocycles. The zero-order valence-electron chi connectivity index (χ0n) is 10.8. The molecule has 0 unspecified atom stereocenters. The molecule has 0 spiro atoms. The van der Waals surface area contributed by atoms with E-state index in [9.17, 15) is 12.8 Å². The highest BCUT2D eigenvalue weighted by atomic mass is 32.2. The maximum atomic E-state index is 14.0. The maximum Gasteiger partial charge on any atom is 0.222 e. The number of nitrogens with two attached hydrogens (primary N) is 2. The van der Waals surface area contributed by atoms with E-state index in [1.807, 2.05) is 0 Å². The Labute approximate surface area is 120 Å². The molecule has 7 nitrogen and oxygen atoms in total. The van der Waals surface area contributed by atoms with E-state index in [2.05, 4.69) is 9.97 Å². The van der Waals surface area contributed by atoms with Crippen LogP contribution in [0.25, 0.3) is 11.3 Å². The van der Waals surface area contributed by atoms with Crippen molar-refractivity contribution in [1.29, 1.82) is 5.26 Å². The second-order valence-corrected chi connectivity index (χ2v) is 6.23. The van der Waals surface area contributed by atoms with Gasteiger partial charge in [-0.25, -0.2) is 17.8 Å². The average molecular weight is 307 g/mol. The summed E-state index contributed by atoms with van der Waals surface area (Å²) >= 11 is 0. The largest absolute Gasteiger partial charge is 0.382 e. The third-order valence-electron chi connectivity index (χ3n) is 2.69. The number of nitrogen functional groups attached to an aromatic ring is 2. The van der Waals surface area contributed by atoms with Crippen molar-refractivity contribution in [2.45, 2.75) is 4.90 Å². The molecule has 0 bridgehead atoms. The Bertz CT molecular complexity index is 874. The van der Waals surface area contributed by atoms with Gasteiger partial charge in [-0.2, -0.15) is 10.2 Å². The molecule has 1 aromatic carbocycles. The highest BCUT2D eigenvalue weighted by Gasteiger charge is 2.19. The Morgan fingerprint density at radius 1 is 1.29 bits per heavy atom. The lowest BCUT2D eigenvalue weighted by molar-refractivity contribution is 0.600. The molecule has 1 heterocycles. The van der Waals surface area contributed by atoms with E-state index in [-0.39, 0.29) is 33.5 Å². The number of hydrogen-bond acceptors (Lipinski definition) is 7. The van der Waals surface area contributed by atoms with Crippen LogP contribution in [0.1, 0.15) is 5.56 Å². The molecule has 2 aromatic rings. The van der Waals surface area contributed by atoms with Gasteiger partial charge in [0.2, 0.25) is 5.95 Å². The molecule has 2 rings (SSSR count). The van der Waals surface area contributed by atoms with Crippen LogP contribution in [0.4, 0.5) is 16.2 Å². The van der Waals surface area contributed by atoms with Crippen molar-refractivity contribution in [2.75, 3.05) is 17.7 Å². The van der Waals surface area contributed by atoms with Crippen LogP contribution in [-0.4, -0.2) is 24.6 Å². The molecule has 0 saturated heterocycles. The summed E-state index contributed by atoms with van der Waals surface area (Å²) in [7, 11) is -3.55. The molecular weight excluding hydrogens is 297 g/mol. The molecule has 0 atom stereocenters. The van der Waals surface area contributed by atoms with Gasteiger partial charge in [-0.1, -0.05) is 0 Å². The van der Waals surface area contributed by atoms with Crippen LogP contribution in [0, 0.1) is 17.1 Å². The van der Waals surface area contributed by atoms with Crippen LogP contribution in [0.3, 0.4) is 0 Å². The van der Waals surface area contributed by atoms with Gasteiger partial charge in [-0.3, -0.25) is 0 Å². The number of anilines is 2. The molecule has 9 heteroatoms. The van der Waals surface area contributed by atoms with E-state index in [4.69, 9.17) is 16.7 Å². The molecule has 0 radical (unpaired) electrons. The normalized spacial score (nSPS) is 11.1. The van der Waals surface area contributed by atoms with Crippen LogP contribution in [0.5, 0.6) is 0 Å². The fourth-order valence-electron chi connectivity index (χ4n) is 1.72. The number of sulfone groups is 1. The zero-order chi connectivity index (χ0) is 15.8. The monoisotopic (exact) mass is 307 g/mol. The second-order valence-electron chi connectivity index (χ2n) is 4.22. The first-order valence-electron chi connectivity index (χ1n) is 5.57. The van der Waals surface area contributed by atoms with Crippen molar-refractivity contribution < 1.29 is 12.8 Å². The highest BCUT2D eigenvalue weighted by molar-refractivity contribution is 7.90. The molecule has 1 aromatic heterocycles. The van der Waals surface area contributed by atoms with Gasteiger partial charge < -0.3 is 11.5 Å². The van der Waals surface area contributed by atoms with E-state index < -0.39 is 15.7 Å². The summed E-state index contributed by atoms with van der Waals surface area (Å²) in [5.41, 5.74) is 10.5. The highest BCUT2D eigenvalue weighted by Crippen LogP contribution is 2.29. The van der Waals surface area contributed by atoms with Crippen molar-refractivity contribution in [2.24, 2.45) is 0 Å². The van der Waals surface area contributed by atoms with Crippen LogP contribution in [-0.2, 0) is 9.84 Å². The predicted molar refractivity (Wildman–Crippen MR) is 74.1 cm³/mol. The van der Waals surface area contributed by atoms with E-state index in [1.165, 1.54) is 0 Å². The van der Waals surface area contributed by atoms with Crippen LogP contribution in [0.15, 0.2) is 23.1 Å². The number of aromatic nitrogens is 2. The van der Waals surface area contributed by atoms with E-state index in [0.29, 0.717) is 0 Å². The third kappa shape index (κ3) is 2.75.